The van der Waals surface area contributed by atoms with Crippen LogP contribution >= 0.6 is 0 Å². The lowest BCUT2D eigenvalue weighted by molar-refractivity contribution is -0.134. The Hall–Kier alpha value is -2.04. The number of imide groups is 1. The number of aryl methyl sites for hydroxylation is 1. The molecule has 5 nitrogen and oxygen atoms in total. The van der Waals surface area contributed by atoms with Crippen molar-refractivity contribution in [2.24, 2.45) is 5.92 Å². The molecule has 2 fully saturated rings. The highest BCUT2D eigenvalue weighted by Crippen LogP contribution is 2.38. The van der Waals surface area contributed by atoms with Gasteiger partial charge >= 0.3 is 6.03 Å². The summed E-state index contributed by atoms with van der Waals surface area (Å²) in [5, 5.41) is 2.96. The summed E-state index contributed by atoms with van der Waals surface area (Å²) >= 11 is 0. The molecular weight excluding hydrogens is 292 g/mol. The molecule has 1 aromatic rings. The Labute approximate surface area is 137 Å². The first-order chi connectivity index (χ1) is 11.0. The highest BCUT2D eigenvalue weighted by molar-refractivity contribution is 6.07. The van der Waals surface area contributed by atoms with E-state index in [-0.39, 0.29) is 24.4 Å². The lowest BCUT2D eigenvalue weighted by atomic mass is 9.73. The number of para-hydroxylation sites is 1. The molecule has 1 spiro atoms. The molecule has 0 aromatic heterocycles. The summed E-state index contributed by atoms with van der Waals surface area (Å²) in [5.74, 6) is 0.901. The van der Waals surface area contributed by atoms with Crippen molar-refractivity contribution in [3.63, 3.8) is 0 Å². The first kappa shape index (κ1) is 15.8. The van der Waals surface area contributed by atoms with Crippen LogP contribution in [0.4, 0.5) is 4.79 Å². The van der Waals surface area contributed by atoms with Gasteiger partial charge in [0.25, 0.3) is 5.91 Å². The third-order valence-electron chi connectivity index (χ3n) is 5.17. The number of carbonyl (C=O) groups excluding carboxylic acids is 2. The predicted octanol–water partition coefficient (Wildman–Crippen LogP) is 2.87. The molecule has 2 unspecified atom stereocenters. The van der Waals surface area contributed by atoms with Crippen LogP contribution in [-0.2, 0) is 4.79 Å². The zero-order chi connectivity index (χ0) is 16.4. The molecule has 1 N–H and O–H groups in total. The summed E-state index contributed by atoms with van der Waals surface area (Å²) in [6.45, 7) is 4.63. The van der Waals surface area contributed by atoms with Gasteiger partial charge in [0.2, 0.25) is 0 Å². The fraction of sp³-hybridized carbons (Fsp3) is 0.556. The molecule has 0 radical (unpaired) electrons. The van der Waals surface area contributed by atoms with Crippen LogP contribution in [-0.4, -0.2) is 35.5 Å². The second-order valence-corrected chi connectivity index (χ2v) is 6.62. The number of nitrogens with one attached hydrogen (secondary N) is 1. The van der Waals surface area contributed by atoms with Crippen LogP contribution in [0.5, 0.6) is 5.75 Å². The van der Waals surface area contributed by atoms with E-state index >= 15 is 0 Å². The third kappa shape index (κ3) is 2.80. The van der Waals surface area contributed by atoms with Crippen molar-refractivity contribution in [3.05, 3.63) is 29.8 Å². The minimum atomic E-state index is -0.683. The van der Waals surface area contributed by atoms with Gasteiger partial charge in [-0.3, -0.25) is 9.69 Å². The average Bonchev–Trinajstić information content (AvgIpc) is 2.77. The summed E-state index contributed by atoms with van der Waals surface area (Å²) in [7, 11) is 0. The van der Waals surface area contributed by atoms with Gasteiger partial charge in [-0.15, -0.1) is 0 Å². The maximum atomic E-state index is 12.8. The molecule has 1 saturated heterocycles. The zero-order valence-electron chi connectivity index (χ0n) is 13.8. The fourth-order valence-corrected chi connectivity index (χ4v) is 3.66. The molecule has 124 valence electrons. The largest absolute Gasteiger partial charge is 0.491 e. The van der Waals surface area contributed by atoms with Crippen LogP contribution in [0, 0.1) is 12.8 Å². The second kappa shape index (κ2) is 6.22. The van der Waals surface area contributed by atoms with E-state index in [2.05, 4.69) is 12.2 Å². The highest BCUT2D eigenvalue weighted by atomic mass is 16.5. The van der Waals surface area contributed by atoms with E-state index in [1.807, 2.05) is 31.2 Å². The van der Waals surface area contributed by atoms with Gasteiger partial charge in [-0.1, -0.05) is 38.0 Å². The molecule has 5 heteroatoms. The van der Waals surface area contributed by atoms with Crippen molar-refractivity contribution in [2.45, 2.75) is 45.1 Å². The normalized spacial score (nSPS) is 27.4. The first-order valence-electron chi connectivity index (χ1n) is 8.37. The van der Waals surface area contributed by atoms with Crippen molar-refractivity contribution in [1.29, 1.82) is 0 Å². The Bertz CT molecular complexity index is 616. The van der Waals surface area contributed by atoms with Crippen LogP contribution in [0.1, 0.15) is 38.2 Å². The molecule has 2 atom stereocenters. The SMILES string of the molecule is Cc1ccccc1OCCN1C(=O)NC2(CCCCC2C)C1=O. The van der Waals surface area contributed by atoms with E-state index in [0.717, 1.165) is 37.0 Å². The molecule has 2 aliphatic rings. The van der Waals surface area contributed by atoms with Crippen LogP contribution in [0.3, 0.4) is 0 Å². The lowest BCUT2D eigenvalue weighted by Gasteiger charge is -2.36. The van der Waals surface area contributed by atoms with Crippen LogP contribution in [0.25, 0.3) is 0 Å². The monoisotopic (exact) mass is 316 g/mol. The number of benzene rings is 1. The van der Waals surface area contributed by atoms with Crippen molar-refractivity contribution in [3.8, 4) is 5.75 Å². The van der Waals surface area contributed by atoms with E-state index in [0.29, 0.717) is 6.61 Å². The van der Waals surface area contributed by atoms with Crippen molar-refractivity contribution < 1.29 is 14.3 Å². The molecule has 3 amide bonds. The molecule has 3 rings (SSSR count). The maximum Gasteiger partial charge on any atom is 0.325 e. The van der Waals surface area contributed by atoms with Crippen molar-refractivity contribution in [2.75, 3.05) is 13.2 Å². The second-order valence-electron chi connectivity index (χ2n) is 6.62. The summed E-state index contributed by atoms with van der Waals surface area (Å²) in [4.78, 5) is 26.4. The number of nitrogens with zero attached hydrogens (tertiary/aromatic N) is 1. The predicted molar refractivity (Wildman–Crippen MR) is 87.3 cm³/mol. The number of urea groups is 1. The van der Waals surface area contributed by atoms with Gasteiger partial charge in [-0.25, -0.2) is 4.79 Å². The molecule has 1 aliphatic carbocycles. The number of carbonyl (C=O) groups is 2. The van der Waals surface area contributed by atoms with E-state index in [9.17, 15) is 9.59 Å². The number of hydrogen-bond acceptors (Lipinski definition) is 3. The van der Waals surface area contributed by atoms with Crippen LogP contribution in [0.2, 0.25) is 0 Å². The van der Waals surface area contributed by atoms with Gasteiger partial charge < -0.3 is 10.1 Å². The van der Waals surface area contributed by atoms with Crippen molar-refractivity contribution in [1.82, 2.24) is 10.2 Å². The third-order valence-corrected chi connectivity index (χ3v) is 5.17. The Morgan fingerprint density at radius 3 is 2.83 bits per heavy atom. The van der Waals surface area contributed by atoms with E-state index < -0.39 is 5.54 Å². The van der Waals surface area contributed by atoms with Gasteiger partial charge in [-0.2, -0.15) is 0 Å². The van der Waals surface area contributed by atoms with E-state index in [4.69, 9.17) is 4.74 Å². The topological polar surface area (TPSA) is 58.6 Å². The Balaban J connectivity index is 1.63. The Morgan fingerprint density at radius 1 is 1.30 bits per heavy atom. The standard InChI is InChI=1S/C18H24N2O3/c1-13-7-3-4-9-15(13)23-12-11-20-16(21)18(19-17(20)22)10-6-5-8-14(18)2/h3-4,7,9,14H,5-6,8,10-12H2,1-2H3,(H,19,22). The zero-order valence-corrected chi connectivity index (χ0v) is 13.8. The Kier molecular flexibility index (Phi) is 4.28. The quantitative estimate of drug-likeness (QED) is 0.869. The molecule has 1 aliphatic heterocycles. The molecule has 23 heavy (non-hydrogen) atoms. The first-order valence-corrected chi connectivity index (χ1v) is 8.37. The molecule has 0 bridgehead atoms. The molecule has 1 heterocycles. The van der Waals surface area contributed by atoms with Gasteiger partial charge in [0.05, 0.1) is 6.54 Å². The number of hydrogen-bond donors (Lipinski definition) is 1. The van der Waals surface area contributed by atoms with Crippen LogP contribution in [0.15, 0.2) is 24.3 Å². The average molecular weight is 316 g/mol. The minimum Gasteiger partial charge on any atom is -0.491 e. The van der Waals surface area contributed by atoms with Gasteiger partial charge in [0.1, 0.15) is 17.9 Å². The van der Waals surface area contributed by atoms with E-state index in [1.165, 1.54) is 4.90 Å². The number of amides is 3. The fourth-order valence-electron chi connectivity index (χ4n) is 3.66. The number of ether oxygens (including phenoxy) is 1. The molecular formula is C18H24N2O3. The summed E-state index contributed by atoms with van der Waals surface area (Å²) in [6, 6.07) is 7.45. The smallest absolute Gasteiger partial charge is 0.325 e. The minimum absolute atomic E-state index is 0.0805. The molecule has 1 aromatic carbocycles. The van der Waals surface area contributed by atoms with Gasteiger partial charge in [0, 0.05) is 0 Å². The highest BCUT2D eigenvalue weighted by Gasteiger charge is 2.54. The summed E-state index contributed by atoms with van der Waals surface area (Å²) in [5.41, 5.74) is 0.361. The number of rotatable bonds is 4. The van der Waals surface area contributed by atoms with E-state index in [1.54, 1.807) is 0 Å². The van der Waals surface area contributed by atoms with Gasteiger partial charge in [-0.05, 0) is 37.3 Å². The van der Waals surface area contributed by atoms with Crippen LogP contribution < -0.4 is 10.1 Å². The van der Waals surface area contributed by atoms with Crippen molar-refractivity contribution >= 4 is 11.9 Å². The Morgan fingerprint density at radius 2 is 2.09 bits per heavy atom. The molecule has 1 saturated carbocycles. The lowest BCUT2D eigenvalue weighted by Crippen LogP contribution is -2.54. The summed E-state index contributed by atoms with van der Waals surface area (Å²) < 4.78 is 5.72. The maximum absolute atomic E-state index is 12.8. The van der Waals surface area contributed by atoms with Gasteiger partial charge in [0.15, 0.2) is 0 Å². The summed E-state index contributed by atoms with van der Waals surface area (Å²) in [6.07, 6.45) is 3.85.